The lowest BCUT2D eigenvalue weighted by molar-refractivity contribution is -0.123. The van der Waals surface area contributed by atoms with Gasteiger partial charge in [0.15, 0.2) is 0 Å². The predicted molar refractivity (Wildman–Crippen MR) is 78.5 cm³/mol. The minimum atomic E-state index is -0.218. The molecular weight excluding hydrogens is 238 g/mol. The molecule has 0 aliphatic carbocycles. The first-order valence-electron chi connectivity index (χ1n) is 6.86. The van der Waals surface area contributed by atoms with Gasteiger partial charge in [-0.25, -0.2) is 5.84 Å². The van der Waals surface area contributed by atoms with Crippen LogP contribution in [-0.2, 0) is 4.79 Å². The van der Waals surface area contributed by atoms with Gasteiger partial charge in [-0.1, -0.05) is 51.1 Å². The zero-order chi connectivity index (χ0) is 14.3. The summed E-state index contributed by atoms with van der Waals surface area (Å²) < 4.78 is 0. The van der Waals surface area contributed by atoms with E-state index >= 15 is 0 Å². The van der Waals surface area contributed by atoms with Crippen molar-refractivity contribution < 1.29 is 4.79 Å². The number of hydrogen-bond donors (Lipinski definition) is 2. The van der Waals surface area contributed by atoms with E-state index in [-0.39, 0.29) is 11.8 Å². The molecule has 1 unspecified atom stereocenters. The summed E-state index contributed by atoms with van der Waals surface area (Å²) in [5, 5.41) is 0. The molecule has 0 aliphatic rings. The zero-order valence-electron chi connectivity index (χ0n) is 12.1. The first-order chi connectivity index (χ1) is 9.08. The fraction of sp³-hybridized carbons (Fsp3) is 0.533. The quantitative estimate of drug-likeness (QED) is 0.447. The molecule has 106 valence electrons. The van der Waals surface area contributed by atoms with E-state index in [1.54, 1.807) is 0 Å². The Hall–Kier alpha value is -1.39. The largest absolute Gasteiger partial charge is 0.302 e. The normalized spacial score (nSPS) is 12.7. The molecule has 19 heavy (non-hydrogen) atoms. The van der Waals surface area contributed by atoms with Crippen molar-refractivity contribution in [3.63, 3.8) is 0 Å². The van der Waals surface area contributed by atoms with Crippen LogP contribution in [0.2, 0.25) is 0 Å². The standard InChI is InChI=1S/C15H25N3O/c1-4-18(10-12(2)3)11-14(15(19)17-16)13-8-6-5-7-9-13/h5-9,12,14H,4,10-11,16H2,1-3H3,(H,17,19). The van der Waals surface area contributed by atoms with Gasteiger partial charge < -0.3 is 4.90 Å². The number of benzene rings is 1. The summed E-state index contributed by atoms with van der Waals surface area (Å²) in [4.78, 5) is 14.3. The molecular formula is C15H25N3O. The van der Waals surface area contributed by atoms with Gasteiger partial charge in [0.1, 0.15) is 0 Å². The molecule has 4 nitrogen and oxygen atoms in total. The Morgan fingerprint density at radius 1 is 1.26 bits per heavy atom. The van der Waals surface area contributed by atoms with Gasteiger partial charge in [-0.15, -0.1) is 0 Å². The number of hydrazine groups is 1. The molecule has 0 radical (unpaired) electrons. The maximum atomic E-state index is 12.0. The molecule has 1 aromatic rings. The second kappa shape index (κ2) is 7.92. The van der Waals surface area contributed by atoms with Gasteiger partial charge in [0.2, 0.25) is 5.91 Å². The van der Waals surface area contributed by atoms with E-state index in [0.717, 1.165) is 18.7 Å². The SMILES string of the molecule is CCN(CC(C)C)CC(C(=O)NN)c1ccccc1. The van der Waals surface area contributed by atoms with E-state index in [0.29, 0.717) is 12.5 Å². The molecule has 1 amide bonds. The zero-order valence-corrected chi connectivity index (χ0v) is 12.1. The highest BCUT2D eigenvalue weighted by Gasteiger charge is 2.22. The summed E-state index contributed by atoms with van der Waals surface area (Å²) in [6.45, 7) is 9.09. The van der Waals surface area contributed by atoms with Crippen LogP contribution in [-0.4, -0.2) is 30.4 Å². The van der Waals surface area contributed by atoms with Crippen molar-refractivity contribution in [3.8, 4) is 0 Å². The van der Waals surface area contributed by atoms with Crippen LogP contribution in [0.5, 0.6) is 0 Å². The molecule has 0 fully saturated rings. The van der Waals surface area contributed by atoms with Gasteiger partial charge in [0.05, 0.1) is 5.92 Å². The summed E-state index contributed by atoms with van der Waals surface area (Å²) in [7, 11) is 0. The van der Waals surface area contributed by atoms with Crippen LogP contribution in [0.15, 0.2) is 30.3 Å². The van der Waals surface area contributed by atoms with Crippen LogP contribution in [0, 0.1) is 5.92 Å². The van der Waals surface area contributed by atoms with Crippen molar-refractivity contribution in [2.45, 2.75) is 26.7 Å². The monoisotopic (exact) mass is 263 g/mol. The maximum absolute atomic E-state index is 12.0. The Bertz CT molecular complexity index is 378. The molecule has 0 saturated heterocycles. The lowest BCUT2D eigenvalue weighted by Gasteiger charge is -2.27. The molecule has 1 rings (SSSR count). The van der Waals surface area contributed by atoms with Crippen LogP contribution in [0.1, 0.15) is 32.3 Å². The number of carbonyl (C=O) groups is 1. The lowest BCUT2D eigenvalue weighted by atomic mass is 9.97. The molecule has 0 heterocycles. The Kier molecular flexibility index (Phi) is 6.53. The molecule has 0 aromatic heterocycles. The van der Waals surface area contributed by atoms with E-state index in [1.165, 1.54) is 0 Å². The van der Waals surface area contributed by atoms with Gasteiger partial charge in [0.25, 0.3) is 0 Å². The topological polar surface area (TPSA) is 58.4 Å². The smallest absolute Gasteiger partial charge is 0.242 e. The van der Waals surface area contributed by atoms with Gasteiger partial charge in [0, 0.05) is 13.1 Å². The van der Waals surface area contributed by atoms with Gasteiger partial charge in [-0.05, 0) is 18.0 Å². The molecule has 1 atom stereocenters. The minimum absolute atomic E-state index is 0.131. The van der Waals surface area contributed by atoms with Crippen molar-refractivity contribution in [2.75, 3.05) is 19.6 Å². The van der Waals surface area contributed by atoms with E-state index in [1.807, 2.05) is 30.3 Å². The molecule has 4 heteroatoms. The number of likely N-dealkylation sites (N-methyl/N-ethyl adjacent to an activating group) is 1. The maximum Gasteiger partial charge on any atom is 0.242 e. The van der Waals surface area contributed by atoms with E-state index < -0.39 is 0 Å². The van der Waals surface area contributed by atoms with Crippen molar-refractivity contribution in [1.29, 1.82) is 0 Å². The molecule has 3 N–H and O–H groups in total. The summed E-state index contributed by atoms with van der Waals surface area (Å²) in [6, 6.07) is 9.80. The minimum Gasteiger partial charge on any atom is -0.302 e. The first-order valence-corrected chi connectivity index (χ1v) is 6.86. The van der Waals surface area contributed by atoms with Crippen LogP contribution in [0.25, 0.3) is 0 Å². The highest BCUT2D eigenvalue weighted by molar-refractivity contribution is 5.83. The Labute approximate surface area is 115 Å². The molecule has 0 bridgehead atoms. The van der Waals surface area contributed by atoms with Crippen molar-refractivity contribution >= 4 is 5.91 Å². The van der Waals surface area contributed by atoms with E-state index in [4.69, 9.17) is 5.84 Å². The van der Waals surface area contributed by atoms with E-state index in [2.05, 4.69) is 31.1 Å². The molecule has 0 aliphatic heterocycles. The Balaban J connectivity index is 2.83. The Morgan fingerprint density at radius 2 is 1.89 bits per heavy atom. The van der Waals surface area contributed by atoms with Gasteiger partial charge >= 0.3 is 0 Å². The van der Waals surface area contributed by atoms with E-state index in [9.17, 15) is 4.79 Å². The predicted octanol–water partition coefficient (Wildman–Crippen LogP) is 1.74. The number of rotatable bonds is 7. The molecule has 1 aromatic carbocycles. The second-order valence-corrected chi connectivity index (χ2v) is 5.22. The van der Waals surface area contributed by atoms with Gasteiger partial charge in [-0.3, -0.25) is 10.2 Å². The molecule has 0 saturated carbocycles. The van der Waals surface area contributed by atoms with Crippen LogP contribution >= 0.6 is 0 Å². The third-order valence-corrected chi connectivity index (χ3v) is 3.17. The molecule has 0 spiro atoms. The van der Waals surface area contributed by atoms with Crippen molar-refractivity contribution in [2.24, 2.45) is 11.8 Å². The third kappa shape index (κ3) is 5.01. The van der Waals surface area contributed by atoms with Gasteiger partial charge in [-0.2, -0.15) is 0 Å². The van der Waals surface area contributed by atoms with Crippen LogP contribution in [0.3, 0.4) is 0 Å². The summed E-state index contributed by atoms with van der Waals surface area (Å²) in [5.74, 6) is 5.54. The number of nitrogens with one attached hydrogen (secondary N) is 1. The van der Waals surface area contributed by atoms with Crippen molar-refractivity contribution in [1.82, 2.24) is 10.3 Å². The van der Waals surface area contributed by atoms with Crippen LogP contribution in [0.4, 0.5) is 0 Å². The average molecular weight is 263 g/mol. The highest BCUT2D eigenvalue weighted by Crippen LogP contribution is 2.17. The highest BCUT2D eigenvalue weighted by atomic mass is 16.2. The second-order valence-electron chi connectivity index (χ2n) is 5.22. The third-order valence-electron chi connectivity index (χ3n) is 3.17. The number of nitrogens with zero attached hydrogens (tertiary/aromatic N) is 1. The number of nitrogens with two attached hydrogens (primary N) is 1. The summed E-state index contributed by atoms with van der Waals surface area (Å²) in [5.41, 5.74) is 3.29. The number of amides is 1. The summed E-state index contributed by atoms with van der Waals surface area (Å²) >= 11 is 0. The summed E-state index contributed by atoms with van der Waals surface area (Å²) in [6.07, 6.45) is 0. The lowest BCUT2D eigenvalue weighted by Crippen LogP contribution is -2.41. The Morgan fingerprint density at radius 3 is 2.37 bits per heavy atom. The van der Waals surface area contributed by atoms with Crippen LogP contribution < -0.4 is 11.3 Å². The number of carbonyl (C=O) groups excluding carboxylic acids is 1. The number of hydrogen-bond acceptors (Lipinski definition) is 3. The average Bonchev–Trinajstić information content (AvgIpc) is 2.43. The fourth-order valence-electron chi connectivity index (χ4n) is 2.23. The van der Waals surface area contributed by atoms with Crippen molar-refractivity contribution in [3.05, 3.63) is 35.9 Å². The fourth-order valence-corrected chi connectivity index (χ4v) is 2.23. The first kappa shape index (κ1) is 15.7.